The van der Waals surface area contributed by atoms with E-state index in [1.165, 1.54) is 5.56 Å². The number of ether oxygens (including phenoxy) is 2. The summed E-state index contributed by atoms with van der Waals surface area (Å²) in [4.78, 5) is 0. The van der Waals surface area contributed by atoms with Gasteiger partial charge >= 0.3 is 0 Å². The zero-order valence-electron chi connectivity index (χ0n) is 11.8. The first-order valence-corrected chi connectivity index (χ1v) is 7.49. The molecule has 0 radical (unpaired) electrons. The molecule has 106 valence electrons. The van der Waals surface area contributed by atoms with Gasteiger partial charge in [0.2, 0.25) is 0 Å². The predicted molar refractivity (Wildman–Crippen MR) is 80.8 cm³/mol. The first-order valence-electron chi connectivity index (χ1n) is 6.70. The highest BCUT2D eigenvalue weighted by atomic mass is 79.9. The summed E-state index contributed by atoms with van der Waals surface area (Å²) in [6.07, 6.45) is 2.33. The van der Waals surface area contributed by atoms with Crippen molar-refractivity contribution in [3.05, 3.63) is 28.2 Å². The molecule has 1 aromatic carbocycles. The minimum absolute atomic E-state index is 0.156. The van der Waals surface area contributed by atoms with E-state index in [1.807, 2.05) is 19.2 Å². The van der Waals surface area contributed by atoms with Crippen LogP contribution in [0.4, 0.5) is 0 Å². The molecule has 2 rings (SSSR count). The second kappa shape index (κ2) is 6.25. The molecule has 1 aliphatic rings. The fourth-order valence-corrected chi connectivity index (χ4v) is 3.37. The van der Waals surface area contributed by atoms with Crippen molar-refractivity contribution in [1.82, 2.24) is 5.32 Å². The summed E-state index contributed by atoms with van der Waals surface area (Å²) in [5, 5.41) is 3.32. The zero-order valence-corrected chi connectivity index (χ0v) is 13.4. The van der Waals surface area contributed by atoms with Crippen molar-refractivity contribution in [2.24, 2.45) is 5.41 Å². The van der Waals surface area contributed by atoms with E-state index in [1.54, 1.807) is 7.11 Å². The molecule has 1 saturated heterocycles. The van der Waals surface area contributed by atoms with Gasteiger partial charge in [-0.3, -0.25) is 0 Å². The van der Waals surface area contributed by atoms with E-state index < -0.39 is 0 Å². The maximum absolute atomic E-state index is 5.80. The summed E-state index contributed by atoms with van der Waals surface area (Å²) in [5.74, 6) is 0.956. The van der Waals surface area contributed by atoms with Gasteiger partial charge in [0.25, 0.3) is 0 Å². The van der Waals surface area contributed by atoms with Gasteiger partial charge in [0.05, 0.1) is 13.2 Å². The molecule has 4 heteroatoms. The largest absolute Gasteiger partial charge is 0.496 e. The minimum Gasteiger partial charge on any atom is -0.496 e. The van der Waals surface area contributed by atoms with Gasteiger partial charge < -0.3 is 14.8 Å². The van der Waals surface area contributed by atoms with Crippen LogP contribution >= 0.6 is 15.9 Å². The van der Waals surface area contributed by atoms with Crippen LogP contribution in [0.2, 0.25) is 0 Å². The van der Waals surface area contributed by atoms with Gasteiger partial charge in [0, 0.05) is 23.0 Å². The number of hydrogen-bond donors (Lipinski definition) is 1. The van der Waals surface area contributed by atoms with Gasteiger partial charge in [-0.25, -0.2) is 0 Å². The Morgan fingerprint density at radius 3 is 2.89 bits per heavy atom. The van der Waals surface area contributed by atoms with Crippen molar-refractivity contribution in [2.75, 3.05) is 27.3 Å². The molecule has 0 aliphatic carbocycles. The maximum Gasteiger partial charge on any atom is 0.122 e. The number of halogens is 1. The summed E-state index contributed by atoms with van der Waals surface area (Å²) in [6.45, 7) is 3.98. The van der Waals surface area contributed by atoms with Crippen molar-refractivity contribution < 1.29 is 9.47 Å². The van der Waals surface area contributed by atoms with Gasteiger partial charge in [-0.2, -0.15) is 0 Å². The quantitative estimate of drug-likeness (QED) is 0.901. The molecule has 0 aromatic heterocycles. The number of benzene rings is 1. The Hall–Kier alpha value is -0.580. The first kappa shape index (κ1) is 14.8. The highest BCUT2D eigenvalue weighted by Crippen LogP contribution is 2.40. The Bertz CT molecular complexity index is 438. The molecule has 1 N–H and O–H groups in total. The van der Waals surface area contributed by atoms with Crippen LogP contribution in [0.25, 0.3) is 0 Å². The number of methoxy groups -OCH3 is 1. The summed E-state index contributed by atoms with van der Waals surface area (Å²) < 4.78 is 12.4. The molecule has 1 heterocycles. The molecule has 1 aliphatic heterocycles. The molecule has 0 saturated carbocycles. The molecule has 2 atom stereocenters. The smallest absolute Gasteiger partial charge is 0.122 e. The van der Waals surface area contributed by atoms with Gasteiger partial charge in [-0.05, 0) is 50.6 Å². The summed E-state index contributed by atoms with van der Waals surface area (Å²) >= 11 is 3.54. The number of nitrogens with one attached hydrogen (secondary N) is 1. The number of hydrogen-bond acceptors (Lipinski definition) is 3. The second-order valence-corrected chi connectivity index (χ2v) is 6.20. The average Bonchev–Trinajstić information content (AvgIpc) is 2.72. The lowest BCUT2D eigenvalue weighted by Gasteiger charge is -2.32. The second-order valence-electron chi connectivity index (χ2n) is 5.29. The number of rotatable bonds is 5. The van der Waals surface area contributed by atoms with Crippen LogP contribution in [-0.4, -0.2) is 33.4 Å². The van der Waals surface area contributed by atoms with E-state index in [-0.39, 0.29) is 11.5 Å². The highest BCUT2D eigenvalue weighted by molar-refractivity contribution is 9.10. The Morgan fingerprint density at radius 1 is 1.53 bits per heavy atom. The summed E-state index contributed by atoms with van der Waals surface area (Å²) in [5.41, 5.74) is 1.40. The van der Waals surface area contributed by atoms with E-state index in [0.29, 0.717) is 0 Å². The Kier molecular flexibility index (Phi) is 4.87. The fraction of sp³-hybridized carbons (Fsp3) is 0.600. The standard InChI is InChI=1S/C15H22BrNO2/c1-11-15(10-17-2,6-7-19-11)9-12-8-13(16)4-5-14(12)18-3/h4-5,8,11,17H,6-7,9-10H2,1-3H3. The van der Waals surface area contributed by atoms with E-state index in [2.05, 4.69) is 34.2 Å². The minimum atomic E-state index is 0.156. The predicted octanol–water partition coefficient (Wildman–Crippen LogP) is 3.01. The SMILES string of the molecule is CNCC1(Cc2cc(Br)ccc2OC)CCOC1C. The molecule has 0 spiro atoms. The monoisotopic (exact) mass is 327 g/mol. The van der Waals surface area contributed by atoms with Gasteiger partial charge in [-0.1, -0.05) is 15.9 Å². The van der Waals surface area contributed by atoms with Gasteiger partial charge in [0.1, 0.15) is 5.75 Å². The van der Waals surface area contributed by atoms with Crippen LogP contribution in [0.15, 0.2) is 22.7 Å². The third kappa shape index (κ3) is 3.12. The summed E-state index contributed by atoms with van der Waals surface area (Å²) in [7, 11) is 3.73. The highest BCUT2D eigenvalue weighted by Gasteiger charge is 2.41. The molecule has 0 amide bonds. The van der Waals surface area contributed by atoms with Gasteiger partial charge in [-0.15, -0.1) is 0 Å². The van der Waals surface area contributed by atoms with Crippen molar-refractivity contribution in [1.29, 1.82) is 0 Å². The first-order chi connectivity index (χ1) is 9.11. The molecule has 19 heavy (non-hydrogen) atoms. The van der Waals surface area contributed by atoms with Crippen LogP contribution in [0.3, 0.4) is 0 Å². The topological polar surface area (TPSA) is 30.5 Å². The van der Waals surface area contributed by atoms with E-state index in [0.717, 1.165) is 36.2 Å². The molecule has 1 aromatic rings. The van der Waals surface area contributed by atoms with Gasteiger partial charge in [0.15, 0.2) is 0 Å². The van der Waals surface area contributed by atoms with Crippen molar-refractivity contribution >= 4 is 15.9 Å². The average molecular weight is 328 g/mol. The fourth-order valence-electron chi connectivity index (χ4n) is 2.96. The van der Waals surface area contributed by atoms with Crippen LogP contribution in [-0.2, 0) is 11.2 Å². The van der Waals surface area contributed by atoms with Crippen molar-refractivity contribution in [3.8, 4) is 5.75 Å². The lowest BCUT2D eigenvalue weighted by atomic mass is 9.76. The Balaban J connectivity index is 2.29. The molecule has 2 unspecified atom stereocenters. The summed E-state index contributed by atoms with van der Waals surface area (Å²) in [6, 6.07) is 6.19. The third-order valence-electron chi connectivity index (χ3n) is 4.14. The van der Waals surface area contributed by atoms with Crippen LogP contribution in [0, 0.1) is 5.41 Å². The molecular weight excluding hydrogens is 306 g/mol. The normalized spacial score (nSPS) is 26.6. The Morgan fingerprint density at radius 2 is 2.32 bits per heavy atom. The Labute approximate surface area is 123 Å². The third-order valence-corrected chi connectivity index (χ3v) is 4.64. The lowest BCUT2D eigenvalue weighted by molar-refractivity contribution is 0.0637. The van der Waals surface area contributed by atoms with Crippen LogP contribution in [0.5, 0.6) is 5.75 Å². The molecule has 0 bridgehead atoms. The zero-order chi connectivity index (χ0) is 13.9. The molecule has 1 fully saturated rings. The van der Waals surface area contributed by atoms with E-state index >= 15 is 0 Å². The van der Waals surface area contributed by atoms with Crippen molar-refractivity contribution in [3.63, 3.8) is 0 Å². The molecule has 3 nitrogen and oxygen atoms in total. The van der Waals surface area contributed by atoms with Crippen LogP contribution < -0.4 is 10.1 Å². The van der Waals surface area contributed by atoms with E-state index in [4.69, 9.17) is 9.47 Å². The van der Waals surface area contributed by atoms with Crippen molar-refractivity contribution in [2.45, 2.75) is 25.9 Å². The van der Waals surface area contributed by atoms with Crippen LogP contribution in [0.1, 0.15) is 18.9 Å². The van der Waals surface area contributed by atoms with E-state index in [9.17, 15) is 0 Å². The lowest BCUT2D eigenvalue weighted by Crippen LogP contribution is -2.40. The molecular formula is C15H22BrNO2. The maximum atomic E-state index is 5.80.